The molecule has 2 aromatic carbocycles. The smallest absolute Gasteiger partial charge is 0.324 e. The molecular formula is C32H47N2O3P. The highest BCUT2D eigenvalue weighted by atomic mass is 31.2. The van der Waals surface area contributed by atoms with Crippen molar-refractivity contribution >= 4 is 7.60 Å². The van der Waals surface area contributed by atoms with Gasteiger partial charge in [0.05, 0.1) is 6.16 Å². The standard InChI is InChI=1S/C32H47N2O3P/c35-38(36,37)25-29-16-7-8-17-32(29)34-23-30(31(24-34)28-14-5-2-6-15-28)22-33-20-18-27(19-21-33)13-9-12-26-10-3-1-4-11-26/h1-6,10-11,14-15,27,29-32H,7-9,12-13,16-25H2,(H2,35,36,37)/t29-,30+,31-,32-/m1/s1. The number of rotatable bonds is 10. The highest BCUT2D eigenvalue weighted by Gasteiger charge is 2.42. The van der Waals surface area contributed by atoms with Crippen LogP contribution in [-0.4, -0.2) is 64.5 Å². The fourth-order valence-electron chi connectivity index (χ4n) is 7.65. The number of aryl methyl sites for hydroxylation is 1. The first-order valence-corrected chi connectivity index (χ1v) is 16.8. The zero-order valence-corrected chi connectivity index (χ0v) is 23.8. The lowest BCUT2D eigenvalue weighted by Crippen LogP contribution is -2.43. The van der Waals surface area contributed by atoms with Crippen molar-refractivity contribution in [2.45, 2.75) is 69.7 Å². The van der Waals surface area contributed by atoms with Crippen LogP contribution in [0.3, 0.4) is 0 Å². The molecule has 2 N–H and O–H groups in total. The van der Waals surface area contributed by atoms with Crippen molar-refractivity contribution in [3.8, 4) is 0 Å². The molecule has 6 heteroatoms. The minimum atomic E-state index is -4.00. The van der Waals surface area contributed by atoms with Gasteiger partial charge in [-0.25, -0.2) is 0 Å². The van der Waals surface area contributed by atoms with E-state index >= 15 is 0 Å². The molecule has 4 atom stereocenters. The van der Waals surface area contributed by atoms with Gasteiger partial charge in [0.2, 0.25) is 0 Å². The third kappa shape index (κ3) is 7.79. The van der Waals surface area contributed by atoms with Gasteiger partial charge in [0.15, 0.2) is 0 Å². The van der Waals surface area contributed by atoms with Gasteiger partial charge in [0.25, 0.3) is 0 Å². The van der Waals surface area contributed by atoms with Gasteiger partial charge in [-0.2, -0.15) is 0 Å². The maximum Gasteiger partial charge on any atom is 0.325 e. The van der Waals surface area contributed by atoms with Gasteiger partial charge in [-0.05, 0) is 80.5 Å². The first-order valence-electron chi connectivity index (χ1n) is 15.0. The summed E-state index contributed by atoms with van der Waals surface area (Å²) in [6.07, 6.45) is 10.8. The number of benzene rings is 2. The molecule has 0 spiro atoms. The van der Waals surface area contributed by atoms with Crippen LogP contribution >= 0.6 is 7.60 Å². The predicted molar refractivity (Wildman–Crippen MR) is 155 cm³/mol. The van der Waals surface area contributed by atoms with Crippen LogP contribution in [0.2, 0.25) is 0 Å². The Balaban J connectivity index is 1.17. The van der Waals surface area contributed by atoms with Gasteiger partial charge < -0.3 is 14.7 Å². The van der Waals surface area contributed by atoms with Crippen molar-refractivity contribution in [3.05, 3.63) is 71.8 Å². The molecule has 2 heterocycles. The summed E-state index contributed by atoms with van der Waals surface area (Å²) in [6, 6.07) is 22.2. The van der Waals surface area contributed by atoms with Gasteiger partial charge in [-0.1, -0.05) is 79.9 Å². The Labute approximate surface area is 229 Å². The first kappa shape index (κ1) is 28.1. The normalized spacial score (nSPS) is 28.1. The molecule has 0 radical (unpaired) electrons. The molecule has 38 heavy (non-hydrogen) atoms. The zero-order chi connectivity index (χ0) is 26.4. The number of piperidine rings is 1. The molecule has 3 aliphatic rings. The van der Waals surface area contributed by atoms with Gasteiger partial charge in [-0.3, -0.25) is 9.46 Å². The summed E-state index contributed by atoms with van der Waals surface area (Å²) in [5, 5.41) is 0. The van der Waals surface area contributed by atoms with Crippen LogP contribution in [-0.2, 0) is 11.0 Å². The Kier molecular flexibility index (Phi) is 9.78. The topological polar surface area (TPSA) is 64.0 Å². The number of hydrogen-bond acceptors (Lipinski definition) is 3. The van der Waals surface area contributed by atoms with E-state index in [0.717, 1.165) is 44.8 Å². The van der Waals surface area contributed by atoms with Gasteiger partial charge in [0, 0.05) is 31.6 Å². The molecule has 5 rings (SSSR count). The second kappa shape index (κ2) is 13.2. The molecule has 0 amide bonds. The lowest BCUT2D eigenvalue weighted by Gasteiger charge is -2.38. The Bertz CT molecular complexity index is 1020. The molecule has 0 aromatic heterocycles. The minimum absolute atomic E-state index is 0.0482. The fraction of sp³-hybridized carbons (Fsp3) is 0.625. The van der Waals surface area contributed by atoms with E-state index < -0.39 is 7.60 Å². The molecule has 0 bridgehead atoms. The molecule has 1 saturated carbocycles. The van der Waals surface area contributed by atoms with Crippen molar-refractivity contribution in [2.75, 3.05) is 38.9 Å². The lowest BCUT2D eigenvalue weighted by atomic mass is 9.85. The molecule has 0 unspecified atom stereocenters. The average Bonchev–Trinajstić information content (AvgIpc) is 3.34. The number of hydrogen-bond donors (Lipinski definition) is 2. The number of likely N-dealkylation sites (tertiary alicyclic amines) is 2. The van der Waals surface area contributed by atoms with E-state index in [2.05, 4.69) is 70.5 Å². The highest BCUT2D eigenvalue weighted by Crippen LogP contribution is 2.45. The molecule has 2 aliphatic heterocycles. The van der Waals surface area contributed by atoms with Gasteiger partial charge in [-0.15, -0.1) is 0 Å². The van der Waals surface area contributed by atoms with Crippen molar-refractivity contribution in [1.29, 1.82) is 0 Å². The van der Waals surface area contributed by atoms with E-state index in [-0.39, 0.29) is 12.1 Å². The van der Waals surface area contributed by atoms with Crippen LogP contribution in [0.15, 0.2) is 60.7 Å². The molecule has 1 aliphatic carbocycles. The van der Waals surface area contributed by atoms with Crippen molar-refractivity contribution in [3.63, 3.8) is 0 Å². The zero-order valence-electron chi connectivity index (χ0n) is 22.9. The van der Waals surface area contributed by atoms with E-state index in [1.807, 2.05) is 0 Å². The SMILES string of the molecule is O=P(O)(O)C[C@H]1CCCC[C@H]1N1C[C@H](CN2CCC(CCCc3ccccc3)CC2)[C@@H](c2ccccc2)C1. The molecule has 2 aromatic rings. The Morgan fingerprint density at radius 3 is 2.21 bits per heavy atom. The summed E-state index contributed by atoms with van der Waals surface area (Å²) in [5.74, 6) is 2.05. The first-order chi connectivity index (χ1) is 18.4. The van der Waals surface area contributed by atoms with Gasteiger partial charge in [0.1, 0.15) is 0 Å². The Morgan fingerprint density at radius 1 is 0.816 bits per heavy atom. The van der Waals surface area contributed by atoms with Crippen LogP contribution in [0.1, 0.15) is 68.4 Å². The monoisotopic (exact) mass is 538 g/mol. The predicted octanol–water partition coefficient (Wildman–Crippen LogP) is 6.17. The largest absolute Gasteiger partial charge is 0.325 e. The van der Waals surface area contributed by atoms with Crippen molar-refractivity contribution in [2.24, 2.45) is 17.8 Å². The van der Waals surface area contributed by atoms with E-state index in [9.17, 15) is 14.4 Å². The number of nitrogens with zero attached hydrogens (tertiary/aromatic N) is 2. The van der Waals surface area contributed by atoms with Crippen LogP contribution in [0, 0.1) is 17.8 Å². The molecule has 208 valence electrons. The average molecular weight is 539 g/mol. The van der Waals surface area contributed by atoms with Crippen LogP contribution in [0.5, 0.6) is 0 Å². The third-order valence-corrected chi connectivity index (χ3v) is 10.6. The Hall–Kier alpha value is -1.49. The van der Waals surface area contributed by atoms with Crippen molar-refractivity contribution < 1.29 is 14.4 Å². The van der Waals surface area contributed by atoms with Crippen molar-refractivity contribution in [1.82, 2.24) is 9.80 Å². The third-order valence-electron chi connectivity index (χ3n) is 9.63. The molecule has 2 saturated heterocycles. The summed E-state index contributed by atoms with van der Waals surface area (Å²) in [5.41, 5.74) is 2.89. The molecule has 5 nitrogen and oxygen atoms in total. The summed E-state index contributed by atoms with van der Waals surface area (Å²) < 4.78 is 11.9. The highest BCUT2D eigenvalue weighted by molar-refractivity contribution is 7.51. The van der Waals surface area contributed by atoms with Gasteiger partial charge >= 0.3 is 7.60 Å². The summed E-state index contributed by atoms with van der Waals surface area (Å²) in [4.78, 5) is 24.8. The Morgan fingerprint density at radius 2 is 1.50 bits per heavy atom. The summed E-state index contributed by atoms with van der Waals surface area (Å²) in [6.45, 7) is 5.63. The van der Waals surface area contributed by atoms with E-state index in [4.69, 9.17) is 0 Å². The summed E-state index contributed by atoms with van der Waals surface area (Å²) >= 11 is 0. The quantitative estimate of drug-likeness (QED) is 0.354. The van der Waals surface area contributed by atoms with E-state index in [1.165, 1.54) is 62.7 Å². The molecule has 3 fully saturated rings. The van der Waals surface area contributed by atoms with Crippen LogP contribution in [0.4, 0.5) is 0 Å². The maximum atomic E-state index is 11.9. The second-order valence-corrected chi connectivity index (χ2v) is 14.0. The maximum absolute atomic E-state index is 11.9. The van der Waals surface area contributed by atoms with E-state index in [1.54, 1.807) is 0 Å². The van der Waals surface area contributed by atoms with Crippen LogP contribution < -0.4 is 0 Å². The fourth-order valence-corrected chi connectivity index (χ4v) is 8.69. The lowest BCUT2D eigenvalue weighted by molar-refractivity contribution is 0.121. The minimum Gasteiger partial charge on any atom is -0.324 e. The van der Waals surface area contributed by atoms with Crippen LogP contribution in [0.25, 0.3) is 0 Å². The van der Waals surface area contributed by atoms with E-state index in [0.29, 0.717) is 17.9 Å². The second-order valence-electron chi connectivity index (χ2n) is 12.3. The molecular weight excluding hydrogens is 491 g/mol. The summed E-state index contributed by atoms with van der Waals surface area (Å²) in [7, 11) is -4.00.